The first kappa shape index (κ1) is 27.4. The third-order valence-electron chi connectivity index (χ3n) is 3.89. The number of hydrogen-bond donors (Lipinski definition) is 0. The van der Waals surface area contributed by atoms with E-state index < -0.39 is 16.1 Å². The van der Waals surface area contributed by atoms with Gasteiger partial charge in [-0.3, -0.25) is 4.79 Å². The maximum atomic E-state index is 11.2. The molecule has 0 radical (unpaired) electrons. The molecule has 0 N–H and O–H groups in total. The SMILES string of the molecule is CCCCCCCC/C=C\CCCCCCCC(=O)OS(C)(=O)=O.[H-].[Na+]. The van der Waals surface area contributed by atoms with E-state index in [4.69, 9.17) is 0 Å². The van der Waals surface area contributed by atoms with E-state index in [0.29, 0.717) is 6.42 Å². The van der Waals surface area contributed by atoms with E-state index in [1.165, 1.54) is 51.4 Å². The number of allylic oxidation sites excluding steroid dienone is 2. The van der Waals surface area contributed by atoms with Crippen molar-refractivity contribution >= 4 is 16.1 Å². The van der Waals surface area contributed by atoms with E-state index in [-0.39, 0.29) is 37.4 Å². The molecule has 0 aliphatic rings. The molecule has 0 bridgehead atoms. The number of carbonyl (C=O) groups excluding carboxylic acids is 1. The van der Waals surface area contributed by atoms with Crippen LogP contribution >= 0.6 is 0 Å². The van der Waals surface area contributed by atoms with Crippen LogP contribution in [0.1, 0.15) is 98.2 Å². The zero-order chi connectivity index (χ0) is 18.1. The second kappa shape index (κ2) is 18.9. The van der Waals surface area contributed by atoms with Gasteiger partial charge in [-0.1, -0.05) is 70.4 Å². The third-order valence-corrected chi connectivity index (χ3v) is 4.38. The van der Waals surface area contributed by atoms with E-state index in [1.54, 1.807) is 0 Å². The molecule has 0 amide bonds. The molecular weight excluding hydrogens is 347 g/mol. The van der Waals surface area contributed by atoms with Crippen molar-refractivity contribution in [2.75, 3.05) is 6.26 Å². The summed E-state index contributed by atoms with van der Waals surface area (Å²) in [7, 11) is -3.65. The molecule has 0 atom stereocenters. The fraction of sp³-hybridized carbons (Fsp3) is 0.842. The Morgan fingerprint density at radius 3 is 1.76 bits per heavy atom. The molecule has 144 valence electrons. The summed E-state index contributed by atoms with van der Waals surface area (Å²) in [5.41, 5.74) is 0. The van der Waals surface area contributed by atoms with Crippen molar-refractivity contribution < 1.29 is 48.4 Å². The summed E-state index contributed by atoms with van der Waals surface area (Å²) in [6, 6.07) is 0. The van der Waals surface area contributed by atoms with Crippen molar-refractivity contribution in [1.82, 2.24) is 0 Å². The zero-order valence-electron chi connectivity index (χ0n) is 17.6. The van der Waals surface area contributed by atoms with Crippen molar-refractivity contribution in [3.05, 3.63) is 12.2 Å². The fourth-order valence-electron chi connectivity index (χ4n) is 2.55. The zero-order valence-corrected chi connectivity index (χ0v) is 19.4. The van der Waals surface area contributed by atoms with Gasteiger partial charge in [0.2, 0.25) is 0 Å². The largest absolute Gasteiger partial charge is 1.00 e. The van der Waals surface area contributed by atoms with E-state index in [9.17, 15) is 13.2 Å². The minimum Gasteiger partial charge on any atom is -1.00 e. The minimum atomic E-state index is -3.65. The second-order valence-electron chi connectivity index (χ2n) is 6.49. The standard InChI is InChI=1S/C19H36O4S.Na.H/c1-3-4-5-6-7-8-9-10-11-12-13-14-15-16-17-18-19(20)23-24(2,21)22;;/h10-11H,3-9,12-18H2,1-2H3;;/q;+1;-1/b11-10-;;. The molecular formula is C19H37NaO4S. The Hall–Kier alpha value is 0.160. The van der Waals surface area contributed by atoms with E-state index in [1.807, 2.05) is 0 Å². The van der Waals surface area contributed by atoms with Gasteiger partial charge in [-0.2, -0.15) is 8.42 Å². The molecule has 0 saturated heterocycles. The Labute approximate surface area is 179 Å². The Balaban J connectivity index is -0.00000264. The Kier molecular flexibility index (Phi) is 20.7. The Morgan fingerprint density at radius 1 is 0.840 bits per heavy atom. The summed E-state index contributed by atoms with van der Waals surface area (Å²) in [6.07, 6.45) is 21.2. The van der Waals surface area contributed by atoms with E-state index in [0.717, 1.165) is 31.9 Å². The molecule has 0 rings (SSSR count). The molecule has 25 heavy (non-hydrogen) atoms. The predicted octanol–water partition coefficient (Wildman–Crippen LogP) is 2.64. The van der Waals surface area contributed by atoms with Crippen molar-refractivity contribution in [3.8, 4) is 0 Å². The van der Waals surface area contributed by atoms with Crippen LogP contribution in [0.4, 0.5) is 0 Å². The predicted molar refractivity (Wildman–Crippen MR) is 101 cm³/mol. The quantitative estimate of drug-likeness (QED) is 0.178. The van der Waals surface area contributed by atoms with E-state index in [2.05, 4.69) is 23.3 Å². The average molecular weight is 385 g/mol. The summed E-state index contributed by atoms with van der Waals surface area (Å²) in [6.45, 7) is 2.25. The van der Waals surface area contributed by atoms with Crippen molar-refractivity contribution in [3.63, 3.8) is 0 Å². The number of unbranched alkanes of at least 4 members (excludes halogenated alkanes) is 11. The molecule has 0 aromatic rings. The molecule has 4 nitrogen and oxygen atoms in total. The molecule has 0 aliphatic heterocycles. The smallest absolute Gasteiger partial charge is 1.00 e. The van der Waals surface area contributed by atoms with Gasteiger partial charge in [0.25, 0.3) is 0 Å². The van der Waals surface area contributed by atoms with Gasteiger partial charge < -0.3 is 5.61 Å². The van der Waals surface area contributed by atoms with Crippen LogP contribution < -0.4 is 29.6 Å². The Bertz CT molecular complexity index is 439. The molecule has 0 fully saturated rings. The normalized spacial score (nSPS) is 11.4. The molecule has 0 aliphatic carbocycles. The number of hydrogen-bond acceptors (Lipinski definition) is 4. The molecule has 0 unspecified atom stereocenters. The molecule has 0 aromatic carbocycles. The topological polar surface area (TPSA) is 60.4 Å². The fourth-order valence-corrected chi connectivity index (χ4v) is 2.97. The van der Waals surface area contributed by atoms with Crippen LogP contribution in [-0.2, 0) is 19.1 Å². The number of carbonyl (C=O) groups is 1. The van der Waals surface area contributed by atoms with Gasteiger partial charge >= 0.3 is 45.6 Å². The van der Waals surface area contributed by atoms with Crippen LogP contribution in [-0.4, -0.2) is 20.6 Å². The van der Waals surface area contributed by atoms with Crippen LogP contribution in [0, 0.1) is 0 Å². The van der Waals surface area contributed by atoms with E-state index >= 15 is 0 Å². The van der Waals surface area contributed by atoms with Gasteiger partial charge in [0, 0.05) is 6.42 Å². The van der Waals surface area contributed by atoms with Crippen LogP contribution in [0.3, 0.4) is 0 Å². The first-order valence-corrected chi connectivity index (χ1v) is 11.3. The number of rotatable bonds is 16. The third kappa shape index (κ3) is 24.2. The van der Waals surface area contributed by atoms with Gasteiger partial charge in [-0.05, 0) is 32.1 Å². The van der Waals surface area contributed by atoms with Gasteiger partial charge in [-0.15, -0.1) is 0 Å². The maximum Gasteiger partial charge on any atom is 1.00 e. The Morgan fingerprint density at radius 2 is 1.28 bits per heavy atom. The summed E-state index contributed by atoms with van der Waals surface area (Å²) < 4.78 is 25.8. The van der Waals surface area contributed by atoms with Crippen LogP contribution in [0.15, 0.2) is 12.2 Å². The van der Waals surface area contributed by atoms with Crippen molar-refractivity contribution in [2.24, 2.45) is 0 Å². The minimum absolute atomic E-state index is 0. The first-order valence-electron chi connectivity index (χ1n) is 9.53. The van der Waals surface area contributed by atoms with Crippen molar-refractivity contribution in [2.45, 2.75) is 96.8 Å². The summed E-state index contributed by atoms with van der Waals surface area (Å²) in [4.78, 5) is 11.2. The first-order chi connectivity index (χ1) is 11.5. The van der Waals surface area contributed by atoms with Gasteiger partial charge in [-0.25, -0.2) is 0 Å². The van der Waals surface area contributed by atoms with Crippen LogP contribution in [0.5, 0.6) is 0 Å². The van der Waals surface area contributed by atoms with Gasteiger partial charge in [0.1, 0.15) is 0 Å². The monoisotopic (exact) mass is 384 g/mol. The molecule has 0 saturated carbocycles. The molecule has 0 aromatic heterocycles. The van der Waals surface area contributed by atoms with Gasteiger partial charge in [0.15, 0.2) is 0 Å². The molecule has 0 spiro atoms. The second-order valence-corrected chi connectivity index (χ2v) is 8.07. The van der Waals surface area contributed by atoms with Crippen LogP contribution in [0.25, 0.3) is 0 Å². The maximum absolute atomic E-state index is 11.2. The average Bonchev–Trinajstić information content (AvgIpc) is 2.49. The molecule has 6 heteroatoms. The van der Waals surface area contributed by atoms with Gasteiger partial charge in [0.05, 0.1) is 6.26 Å². The summed E-state index contributed by atoms with van der Waals surface area (Å²) >= 11 is 0. The molecule has 0 heterocycles. The van der Waals surface area contributed by atoms with Crippen molar-refractivity contribution in [1.29, 1.82) is 0 Å². The van der Waals surface area contributed by atoms with Crippen LogP contribution in [0.2, 0.25) is 0 Å². The summed E-state index contributed by atoms with van der Waals surface area (Å²) in [5, 5.41) is 0. The summed E-state index contributed by atoms with van der Waals surface area (Å²) in [5.74, 6) is -0.643.